The van der Waals surface area contributed by atoms with Crippen LogP contribution in [-0.4, -0.2) is 10.7 Å². The largest absolute Gasteiger partial charge is 0.261 e. The Labute approximate surface area is 109 Å². The minimum Gasteiger partial charge on any atom is -0.261 e. The molecule has 92 valence electrons. The predicted molar refractivity (Wildman–Crippen MR) is 77.3 cm³/mol. The summed E-state index contributed by atoms with van der Waals surface area (Å²) < 4.78 is 0. The summed E-state index contributed by atoms with van der Waals surface area (Å²) in [7, 11) is 0. The number of aryl methyl sites for hydroxylation is 1. The summed E-state index contributed by atoms with van der Waals surface area (Å²) >= 11 is 1.93. The number of thioether (sulfide) groups is 1. The third-order valence-corrected chi connectivity index (χ3v) is 4.12. The molecule has 0 radical (unpaired) electrons. The van der Waals surface area contributed by atoms with Gasteiger partial charge in [0.25, 0.3) is 0 Å². The highest BCUT2D eigenvalue weighted by molar-refractivity contribution is 8.02. The van der Waals surface area contributed by atoms with Crippen LogP contribution in [-0.2, 0) is 6.42 Å². The Morgan fingerprint density at radius 1 is 1.18 bits per heavy atom. The molecule has 0 bridgehead atoms. The Bertz CT molecular complexity index is 433. The van der Waals surface area contributed by atoms with E-state index < -0.39 is 0 Å². The Kier molecular flexibility index (Phi) is 3.93. The van der Waals surface area contributed by atoms with Gasteiger partial charge in [0.1, 0.15) is 0 Å². The van der Waals surface area contributed by atoms with Crippen LogP contribution in [0.5, 0.6) is 0 Å². The SMILES string of the molecule is CC(C)C1=CSCCc2nccc(C(C)C)c21. The molecule has 0 spiro atoms. The summed E-state index contributed by atoms with van der Waals surface area (Å²) in [5.41, 5.74) is 5.65. The molecule has 0 saturated heterocycles. The van der Waals surface area contributed by atoms with E-state index in [1.807, 2.05) is 18.0 Å². The maximum absolute atomic E-state index is 4.60. The summed E-state index contributed by atoms with van der Waals surface area (Å²) in [5.74, 6) is 2.29. The first-order valence-electron chi connectivity index (χ1n) is 6.41. The molecular formula is C15H21NS. The summed E-state index contributed by atoms with van der Waals surface area (Å²) in [4.78, 5) is 4.60. The Morgan fingerprint density at radius 2 is 1.94 bits per heavy atom. The van der Waals surface area contributed by atoms with Crippen LogP contribution in [0.1, 0.15) is 50.4 Å². The van der Waals surface area contributed by atoms with Crippen molar-refractivity contribution in [2.75, 3.05) is 5.75 Å². The predicted octanol–water partition coefficient (Wildman–Crippen LogP) is 4.49. The van der Waals surface area contributed by atoms with Crippen LogP contribution < -0.4 is 0 Å². The van der Waals surface area contributed by atoms with Crippen molar-refractivity contribution >= 4 is 17.3 Å². The molecule has 17 heavy (non-hydrogen) atoms. The van der Waals surface area contributed by atoms with Gasteiger partial charge in [-0.15, -0.1) is 11.8 Å². The molecule has 1 aliphatic heterocycles. The monoisotopic (exact) mass is 247 g/mol. The van der Waals surface area contributed by atoms with Crippen LogP contribution in [0.3, 0.4) is 0 Å². The van der Waals surface area contributed by atoms with Gasteiger partial charge in [0.05, 0.1) is 0 Å². The zero-order valence-corrected chi connectivity index (χ0v) is 12.0. The van der Waals surface area contributed by atoms with Gasteiger partial charge in [0, 0.05) is 23.2 Å². The first-order chi connectivity index (χ1) is 8.11. The quantitative estimate of drug-likeness (QED) is 0.763. The smallest absolute Gasteiger partial charge is 0.0490 e. The van der Waals surface area contributed by atoms with E-state index in [1.165, 1.54) is 22.4 Å². The number of aromatic nitrogens is 1. The van der Waals surface area contributed by atoms with E-state index in [2.05, 4.69) is 44.2 Å². The van der Waals surface area contributed by atoms with Crippen LogP contribution in [0.4, 0.5) is 0 Å². The lowest BCUT2D eigenvalue weighted by Gasteiger charge is -2.19. The van der Waals surface area contributed by atoms with Gasteiger partial charge in [-0.05, 0) is 40.9 Å². The van der Waals surface area contributed by atoms with Crippen LogP contribution in [0.15, 0.2) is 17.7 Å². The van der Waals surface area contributed by atoms with Crippen molar-refractivity contribution in [2.24, 2.45) is 5.92 Å². The van der Waals surface area contributed by atoms with E-state index in [1.54, 1.807) is 0 Å². The van der Waals surface area contributed by atoms with Crippen molar-refractivity contribution in [3.8, 4) is 0 Å². The summed E-state index contributed by atoms with van der Waals surface area (Å²) in [6.07, 6.45) is 3.06. The van der Waals surface area contributed by atoms with Crippen molar-refractivity contribution in [3.05, 3.63) is 34.5 Å². The first-order valence-corrected chi connectivity index (χ1v) is 7.46. The lowest BCUT2D eigenvalue weighted by atomic mass is 9.87. The van der Waals surface area contributed by atoms with Gasteiger partial charge in [0.15, 0.2) is 0 Å². The highest BCUT2D eigenvalue weighted by atomic mass is 32.2. The van der Waals surface area contributed by atoms with Gasteiger partial charge in [-0.25, -0.2) is 0 Å². The van der Waals surface area contributed by atoms with Gasteiger partial charge in [-0.3, -0.25) is 4.98 Å². The minimum atomic E-state index is 0.567. The van der Waals surface area contributed by atoms with E-state index in [0.717, 1.165) is 12.2 Å². The minimum absolute atomic E-state index is 0.567. The van der Waals surface area contributed by atoms with Crippen molar-refractivity contribution in [1.29, 1.82) is 0 Å². The molecule has 0 N–H and O–H groups in total. The molecule has 1 aliphatic rings. The standard InChI is InChI=1S/C15H21NS/c1-10(2)12-5-7-16-14-6-8-17-9-13(11(3)4)15(12)14/h5,7,9-11H,6,8H2,1-4H3. The van der Waals surface area contributed by atoms with Gasteiger partial charge < -0.3 is 0 Å². The first kappa shape index (κ1) is 12.7. The normalized spacial score (nSPS) is 15.8. The Balaban J connectivity index is 2.61. The Morgan fingerprint density at radius 3 is 2.59 bits per heavy atom. The molecular weight excluding hydrogens is 226 g/mol. The maximum atomic E-state index is 4.60. The molecule has 0 saturated carbocycles. The molecule has 2 heteroatoms. The second kappa shape index (κ2) is 5.26. The van der Waals surface area contributed by atoms with E-state index in [9.17, 15) is 0 Å². The number of allylic oxidation sites excluding steroid dienone is 1. The maximum Gasteiger partial charge on any atom is 0.0490 e. The zero-order chi connectivity index (χ0) is 12.4. The fraction of sp³-hybridized carbons (Fsp3) is 0.533. The zero-order valence-electron chi connectivity index (χ0n) is 11.2. The Hall–Kier alpha value is -0.760. The number of pyridine rings is 1. The van der Waals surface area contributed by atoms with Crippen molar-refractivity contribution in [2.45, 2.75) is 40.0 Å². The van der Waals surface area contributed by atoms with Gasteiger partial charge in [-0.1, -0.05) is 27.7 Å². The number of fused-ring (bicyclic) bond motifs is 1. The topological polar surface area (TPSA) is 12.9 Å². The summed E-state index contributed by atoms with van der Waals surface area (Å²) in [6, 6.07) is 2.19. The summed E-state index contributed by atoms with van der Waals surface area (Å²) in [6.45, 7) is 9.09. The molecule has 0 aromatic carbocycles. The van der Waals surface area contributed by atoms with Crippen molar-refractivity contribution in [3.63, 3.8) is 0 Å². The van der Waals surface area contributed by atoms with Crippen LogP contribution in [0.25, 0.3) is 5.57 Å². The van der Waals surface area contributed by atoms with Crippen LogP contribution >= 0.6 is 11.8 Å². The third kappa shape index (κ3) is 2.57. The molecule has 0 unspecified atom stereocenters. The average Bonchev–Trinajstić information content (AvgIpc) is 2.50. The second-order valence-corrected chi connectivity index (χ2v) is 6.20. The fourth-order valence-electron chi connectivity index (χ4n) is 2.31. The molecule has 0 aliphatic carbocycles. The van der Waals surface area contributed by atoms with Crippen LogP contribution in [0, 0.1) is 5.92 Å². The molecule has 1 nitrogen and oxygen atoms in total. The van der Waals surface area contributed by atoms with Crippen molar-refractivity contribution in [1.82, 2.24) is 4.98 Å². The molecule has 0 atom stereocenters. The molecule has 2 heterocycles. The highest BCUT2D eigenvalue weighted by Crippen LogP contribution is 2.36. The molecule has 1 aromatic rings. The van der Waals surface area contributed by atoms with E-state index in [4.69, 9.17) is 0 Å². The summed E-state index contributed by atoms with van der Waals surface area (Å²) in [5, 5.41) is 2.35. The number of hydrogen-bond donors (Lipinski definition) is 0. The van der Waals surface area contributed by atoms with Gasteiger partial charge in [0.2, 0.25) is 0 Å². The number of hydrogen-bond acceptors (Lipinski definition) is 2. The lowest BCUT2D eigenvalue weighted by Crippen LogP contribution is -2.06. The highest BCUT2D eigenvalue weighted by Gasteiger charge is 2.20. The molecule has 2 rings (SSSR count). The second-order valence-electron chi connectivity index (χ2n) is 5.23. The number of rotatable bonds is 2. The van der Waals surface area contributed by atoms with E-state index in [-0.39, 0.29) is 0 Å². The average molecular weight is 247 g/mol. The molecule has 0 amide bonds. The molecule has 0 fully saturated rings. The lowest BCUT2D eigenvalue weighted by molar-refractivity contribution is 0.817. The third-order valence-electron chi connectivity index (χ3n) is 3.26. The molecule has 1 aromatic heterocycles. The van der Waals surface area contributed by atoms with E-state index in [0.29, 0.717) is 11.8 Å². The van der Waals surface area contributed by atoms with Gasteiger partial charge in [-0.2, -0.15) is 0 Å². The van der Waals surface area contributed by atoms with E-state index >= 15 is 0 Å². The van der Waals surface area contributed by atoms with Crippen LogP contribution in [0.2, 0.25) is 0 Å². The fourth-order valence-corrected chi connectivity index (χ4v) is 3.31. The number of nitrogens with zero attached hydrogens (tertiary/aromatic N) is 1. The van der Waals surface area contributed by atoms with Gasteiger partial charge >= 0.3 is 0 Å². The van der Waals surface area contributed by atoms with Crippen molar-refractivity contribution < 1.29 is 0 Å².